The third-order valence-corrected chi connectivity index (χ3v) is 4.86. The molecular weight excluding hydrogens is 345 g/mol. The Labute approximate surface area is 158 Å². The van der Waals surface area contributed by atoms with E-state index in [1.54, 1.807) is 29.0 Å². The summed E-state index contributed by atoms with van der Waals surface area (Å²) in [5.74, 6) is -0.388. The van der Waals surface area contributed by atoms with Gasteiger partial charge in [0.25, 0.3) is 0 Å². The molecule has 3 rings (SSSR count). The van der Waals surface area contributed by atoms with Crippen molar-refractivity contribution < 1.29 is 14.0 Å². The fraction of sp³-hybridized carbons (Fsp3) is 0.333. The molecule has 1 saturated heterocycles. The van der Waals surface area contributed by atoms with Gasteiger partial charge in [-0.2, -0.15) is 0 Å². The predicted molar refractivity (Wildman–Crippen MR) is 102 cm³/mol. The van der Waals surface area contributed by atoms with Crippen molar-refractivity contribution in [1.82, 2.24) is 15.1 Å². The average Bonchev–Trinajstić information content (AvgIpc) is 3.23. The molecule has 2 aromatic carbocycles. The maximum atomic E-state index is 13.3. The van der Waals surface area contributed by atoms with Gasteiger partial charge in [-0.1, -0.05) is 42.5 Å². The highest BCUT2D eigenvalue weighted by Crippen LogP contribution is 2.27. The summed E-state index contributed by atoms with van der Waals surface area (Å²) < 4.78 is 13.3. The first kappa shape index (κ1) is 18.9. The fourth-order valence-corrected chi connectivity index (χ4v) is 3.39. The molecule has 1 aliphatic rings. The van der Waals surface area contributed by atoms with Gasteiger partial charge >= 0.3 is 6.03 Å². The summed E-state index contributed by atoms with van der Waals surface area (Å²) in [5, 5.41) is 2.71. The number of likely N-dealkylation sites (tertiary alicyclic amines) is 1. The highest BCUT2D eigenvalue weighted by molar-refractivity contribution is 5.84. The van der Waals surface area contributed by atoms with Crippen LogP contribution in [0.3, 0.4) is 0 Å². The van der Waals surface area contributed by atoms with Crippen molar-refractivity contribution >= 4 is 11.9 Å². The van der Waals surface area contributed by atoms with Crippen LogP contribution in [0.25, 0.3) is 0 Å². The second kappa shape index (κ2) is 8.66. The van der Waals surface area contributed by atoms with E-state index in [0.717, 1.165) is 37.1 Å². The van der Waals surface area contributed by atoms with E-state index in [4.69, 9.17) is 0 Å². The second-order valence-electron chi connectivity index (χ2n) is 6.72. The van der Waals surface area contributed by atoms with E-state index in [2.05, 4.69) is 5.32 Å². The number of urea groups is 1. The lowest BCUT2D eigenvalue weighted by molar-refractivity contribution is -0.129. The van der Waals surface area contributed by atoms with Gasteiger partial charge in [-0.15, -0.1) is 0 Å². The third-order valence-electron chi connectivity index (χ3n) is 4.86. The van der Waals surface area contributed by atoms with Gasteiger partial charge in [-0.05, 0) is 36.1 Å². The first-order valence-electron chi connectivity index (χ1n) is 9.15. The smallest absolute Gasteiger partial charge is 0.318 e. The quantitative estimate of drug-likeness (QED) is 0.880. The van der Waals surface area contributed by atoms with Crippen LogP contribution in [0.2, 0.25) is 0 Å². The van der Waals surface area contributed by atoms with Crippen LogP contribution in [0.1, 0.15) is 30.0 Å². The summed E-state index contributed by atoms with van der Waals surface area (Å²) in [6, 6.07) is 14.9. The van der Waals surface area contributed by atoms with Gasteiger partial charge in [0.05, 0.1) is 12.6 Å². The molecule has 3 amide bonds. The largest absolute Gasteiger partial charge is 0.341 e. The van der Waals surface area contributed by atoms with Crippen LogP contribution < -0.4 is 5.32 Å². The van der Waals surface area contributed by atoms with Crippen molar-refractivity contribution in [2.45, 2.75) is 18.9 Å². The van der Waals surface area contributed by atoms with Gasteiger partial charge in [0.15, 0.2) is 0 Å². The molecule has 1 atom stereocenters. The molecule has 142 valence electrons. The summed E-state index contributed by atoms with van der Waals surface area (Å²) in [6.07, 6.45) is 2.03. The summed E-state index contributed by atoms with van der Waals surface area (Å²) in [6.45, 7) is 1.49. The van der Waals surface area contributed by atoms with Gasteiger partial charge < -0.3 is 15.1 Å². The first-order chi connectivity index (χ1) is 13.1. The van der Waals surface area contributed by atoms with Gasteiger partial charge in [-0.3, -0.25) is 4.79 Å². The molecule has 2 aromatic rings. The molecule has 6 heteroatoms. The summed E-state index contributed by atoms with van der Waals surface area (Å²) in [7, 11) is 1.68. The highest BCUT2D eigenvalue weighted by Gasteiger charge is 2.25. The lowest BCUT2D eigenvalue weighted by Crippen LogP contribution is -2.45. The number of carbonyl (C=O) groups is 2. The molecule has 5 nitrogen and oxygen atoms in total. The van der Waals surface area contributed by atoms with Crippen LogP contribution in [-0.4, -0.2) is 48.4 Å². The number of nitrogens with zero attached hydrogens (tertiary/aromatic N) is 2. The van der Waals surface area contributed by atoms with Crippen LogP contribution in [0.15, 0.2) is 54.6 Å². The first-order valence-corrected chi connectivity index (χ1v) is 9.15. The number of benzene rings is 2. The molecule has 1 aliphatic heterocycles. The Morgan fingerprint density at radius 2 is 1.63 bits per heavy atom. The maximum Gasteiger partial charge on any atom is 0.318 e. The molecule has 0 aliphatic carbocycles. The topological polar surface area (TPSA) is 52.7 Å². The Kier molecular flexibility index (Phi) is 6.06. The predicted octanol–water partition coefficient (Wildman–Crippen LogP) is 3.18. The molecule has 1 fully saturated rings. The summed E-state index contributed by atoms with van der Waals surface area (Å²) in [4.78, 5) is 28.2. The summed E-state index contributed by atoms with van der Waals surface area (Å²) in [5.41, 5.74) is 1.71. The molecule has 1 heterocycles. The van der Waals surface area contributed by atoms with Crippen molar-refractivity contribution in [2.24, 2.45) is 0 Å². The Hall–Kier alpha value is -2.89. The molecule has 0 bridgehead atoms. The van der Waals surface area contributed by atoms with Crippen LogP contribution in [0.4, 0.5) is 9.18 Å². The van der Waals surface area contributed by atoms with Gasteiger partial charge in [0.1, 0.15) is 5.82 Å². The van der Waals surface area contributed by atoms with Crippen molar-refractivity contribution in [1.29, 1.82) is 0 Å². The van der Waals surface area contributed by atoms with Crippen molar-refractivity contribution in [2.75, 3.05) is 26.7 Å². The Balaban J connectivity index is 1.74. The number of hydrogen-bond donors (Lipinski definition) is 1. The monoisotopic (exact) mass is 369 g/mol. The molecule has 1 unspecified atom stereocenters. The lowest BCUT2D eigenvalue weighted by atomic mass is 9.97. The lowest BCUT2D eigenvalue weighted by Gasteiger charge is -2.29. The van der Waals surface area contributed by atoms with Crippen molar-refractivity contribution in [3.8, 4) is 0 Å². The third kappa shape index (κ3) is 4.64. The van der Waals surface area contributed by atoms with E-state index in [9.17, 15) is 14.0 Å². The minimum atomic E-state index is -0.381. The van der Waals surface area contributed by atoms with Crippen LogP contribution in [0, 0.1) is 5.82 Å². The number of carbonyl (C=O) groups excluding carboxylic acids is 2. The van der Waals surface area contributed by atoms with Crippen LogP contribution >= 0.6 is 0 Å². The van der Waals surface area contributed by atoms with E-state index in [1.807, 2.05) is 30.3 Å². The normalized spacial score (nSPS) is 14.7. The number of halogens is 1. The Morgan fingerprint density at radius 3 is 2.26 bits per heavy atom. The van der Waals surface area contributed by atoms with Gasteiger partial charge in [0, 0.05) is 20.1 Å². The molecule has 0 saturated carbocycles. The number of nitrogens with one attached hydrogen (secondary N) is 1. The van der Waals surface area contributed by atoms with Gasteiger partial charge in [0.2, 0.25) is 5.91 Å². The van der Waals surface area contributed by atoms with E-state index < -0.39 is 0 Å². The molecular formula is C21H24FN3O2. The van der Waals surface area contributed by atoms with E-state index in [-0.39, 0.29) is 30.3 Å². The summed E-state index contributed by atoms with van der Waals surface area (Å²) >= 11 is 0. The number of rotatable bonds is 5. The zero-order chi connectivity index (χ0) is 19.2. The van der Waals surface area contributed by atoms with Crippen molar-refractivity contribution in [3.63, 3.8) is 0 Å². The zero-order valence-corrected chi connectivity index (χ0v) is 15.4. The molecule has 0 spiro atoms. The molecule has 0 aromatic heterocycles. The fourth-order valence-electron chi connectivity index (χ4n) is 3.39. The van der Waals surface area contributed by atoms with Crippen LogP contribution in [0.5, 0.6) is 0 Å². The number of hydrogen-bond acceptors (Lipinski definition) is 2. The number of amides is 3. The van der Waals surface area contributed by atoms with Crippen LogP contribution in [-0.2, 0) is 4.79 Å². The average molecular weight is 369 g/mol. The van der Waals surface area contributed by atoms with E-state index >= 15 is 0 Å². The van der Waals surface area contributed by atoms with E-state index in [1.165, 1.54) is 12.1 Å². The minimum absolute atomic E-state index is 0.0197. The Morgan fingerprint density at radius 1 is 1.04 bits per heavy atom. The zero-order valence-electron chi connectivity index (χ0n) is 15.4. The van der Waals surface area contributed by atoms with Crippen molar-refractivity contribution in [3.05, 3.63) is 71.5 Å². The highest BCUT2D eigenvalue weighted by atomic mass is 19.1. The maximum absolute atomic E-state index is 13.3. The second-order valence-corrected chi connectivity index (χ2v) is 6.72. The Bertz CT molecular complexity index is 774. The molecule has 0 radical (unpaired) electrons. The van der Waals surface area contributed by atoms with E-state index in [0.29, 0.717) is 0 Å². The SMILES string of the molecule is CN(C(=O)NCC(=O)N1CCCC1)C(c1ccccc1)c1ccc(F)cc1. The van der Waals surface area contributed by atoms with Gasteiger partial charge in [-0.25, -0.2) is 9.18 Å². The molecule has 27 heavy (non-hydrogen) atoms. The standard InChI is InChI=1S/C21H24FN3O2/c1-24(21(27)23-15-19(26)25-13-5-6-14-25)20(16-7-3-2-4-8-16)17-9-11-18(22)12-10-17/h2-4,7-12,20H,5-6,13-15H2,1H3,(H,23,27). The molecule has 1 N–H and O–H groups in total. The minimum Gasteiger partial charge on any atom is -0.341 e.